The molecule has 66 heavy (non-hydrogen) atoms. The Labute approximate surface area is 380 Å². The van der Waals surface area contributed by atoms with Gasteiger partial charge in [0.2, 0.25) is 11.8 Å². The second kappa shape index (κ2) is 19.4. The molecule has 2 saturated heterocycles. The SMILES string of the molecule is COc1ccc2nccc(C[C@](O)(C3CC[C@@H](NCc4cc5c(cn4)OCCO5)CO3)C(c3ccnc4ccc(OC)nc34)C(O)[C@@H]3CC[C@@H](NCc4cc5c(nn4)OCCO5)CO3)c2n1. The fraction of sp³-hybridized carbons (Fsp3) is 0.468. The number of fused-ring (bicyclic) bond motifs is 4. The zero-order valence-corrected chi connectivity index (χ0v) is 36.8. The highest BCUT2D eigenvalue weighted by molar-refractivity contribution is 5.80. The van der Waals surface area contributed by atoms with E-state index in [1.54, 1.807) is 44.9 Å². The van der Waals surface area contributed by atoms with E-state index in [9.17, 15) is 10.2 Å². The molecule has 0 aromatic carbocycles. The van der Waals surface area contributed by atoms with Crippen molar-refractivity contribution in [2.24, 2.45) is 0 Å². The van der Waals surface area contributed by atoms with E-state index in [0.29, 0.717) is 146 Å². The smallest absolute Gasteiger partial charge is 0.276 e. The van der Waals surface area contributed by atoms with E-state index in [2.05, 4.69) is 35.8 Å². The van der Waals surface area contributed by atoms with Crippen LogP contribution in [0, 0.1) is 0 Å². The summed E-state index contributed by atoms with van der Waals surface area (Å²) in [5, 5.41) is 42.5. The minimum absolute atomic E-state index is 0.0268. The van der Waals surface area contributed by atoms with Crippen molar-refractivity contribution in [2.75, 3.05) is 53.9 Å². The molecule has 2 fully saturated rings. The first-order chi connectivity index (χ1) is 32.3. The maximum absolute atomic E-state index is 13.9. The van der Waals surface area contributed by atoms with Gasteiger partial charge < -0.3 is 58.7 Å². The quantitative estimate of drug-likeness (QED) is 0.116. The lowest BCUT2D eigenvalue weighted by atomic mass is 9.68. The fourth-order valence-corrected chi connectivity index (χ4v) is 9.48. The van der Waals surface area contributed by atoms with Gasteiger partial charge in [-0.1, -0.05) is 0 Å². The summed E-state index contributed by atoms with van der Waals surface area (Å²) in [6.45, 7) is 3.38. The maximum Gasteiger partial charge on any atom is 0.276 e. The van der Waals surface area contributed by atoms with Gasteiger partial charge in [-0.2, -0.15) is 5.10 Å². The number of methoxy groups -OCH3 is 2. The summed E-state index contributed by atoms with van der Waals surface area (Å²) < 4.78 is 47.2. The number of rotatable bonds is 15. The zero-order valence-electron chi connectivity index (χ0n) is 36.8. The van der Waals surface area contributed by atoms with Crippen LogP contribution in [-0.4, -0.2) is 135 Å². The van der Waals surface area contributed by atoms with E-state index >= 15 is 0 Å². The lowest BCUT2D eigenvalue weighted by Crippen LogP contribution is -2.59. The molecule has 0 aliphatic carbocycles. The molecule has 19 heteroatoms. The Morgan fingerprint density at radius 1 is 0.697 bits per heavy atom. The third kappa shape index (κ3) is 9.18. The predicted octanol–water partition coefficient (Wildman–Crippen LogP) is 3.41. The summed E-state index contributed by atoms with van der Waals surface area (Å²) >= 11 is 0. The van der Waals surface area contributed by atoms with Crippen LogP contribution in [0.2, 0.25) is 0 Å². The monoisotopic (exact) mass is 903 g/mol. The third-order valence-corrected chi connectivity index (χ3v) is 12.9. The van der Waals surface area contributed by atoms with Crippen LogP contribution in [-0.2, 0) is 29.0 Å². The number of hydrogen-bond acceptors (Lipinski definition) is 19. The lowest BCUT2D eigenvalue weighted by molar-refractivity contribution is -0.176. The number of aliphatic hydroxyl groups is 2. The lowest BCUT2D eigenvalue weighted by Gasteiger charge is -2.48. The predicted molar refractivity (Wildman–Crippen MR) is 237 cm³/mol. The Bertz CT molecular complexity index is 2650. The fourth-order valence-electron chi connectivity index (χ4n) is 9.48. The molecule has 3 unspecified atom stereocenters. The second-order valence-electron chi connectivity index (χ2n) is 17.0. The van der Waals surface area contributed by atoms with Gasteiger partial charge in [-0.15, -0.1) is 5.10 Å². The average molecular weight is 904 g/mol. The molecule has 6 aromatic heterocycles. The van der Waals surface area contributed by atoms with Crippen molar-refractivity contribution in [3.05, 3.63) is 89.6 Å². The Hall–Kier alpha value is -6.09. The summed E-state index contributed by atoms with van der Waals surface area (Å²) in [6, 6.07) is 14.5. The normalized spacial score (nSPS) is 22.3. The molecule has 4 N–H and O–H groups in total. The Kier molecular flexibility index (Phi) is 12.9. The zero-order chi connectivity index (χ0) is 45.0. The van der Waals surface area contributed by atoms with Crippen LogP contribution < -0.4 is 39.1 Å². The van der Waals surface area contributed by atoms with Crippen molar-refractivity contribution >= 4 is 22.1 Å². The molecule has 10 heterocycles. The molecule has 0 saturated carbocycles. The van der Waals surface area contributed by atoms with Gasteiger partial charge in [-0.3, -0.25) is 15.0 Å². The maximum atomic E-state index is 13.9. The van der Waals surface area contributed by atoms with Crippen molar-refractivity contribution in [2.45, 2.75) is 87.1 Å². The summed E-state index contributed by atoms with van der Waals surface area (Å²) in [5.74, 6) is 2.03. The highest BCUT2D eigenvalue weighted by Crippen LogP contribution is 2.45. The van der Waals surface area contributed by atoms with Crippen molar-refractivity contribution in [1.82, 2.24) is 45.8 Å². The molecule has 0 bridgehead atoms. The van der Waals surface area contributed by atoms with Gasteiger partial charge in [0.15, 0.2) is 17.2 Å². The minimum atomic E-state index is -1.78. The van der Waals surface area contributed by atoms with Crippen LogP contribution in [0.5, 0.6) is 34.9 Å². The molecule has 0 amide bonds. The molecule has 19 nitrogen and oxygen atoms in total. The van der Waals surface area contributed by atoms with Gasteiger partial charge in [0.1, 0.15) is 32.0 Å². The van der Waals surface area contributed by atoms with Crippen LogP contribution in [0.4, 0.5) is 0 Å². The molecule has 10 rings (SSSR count). The molecule has 4 aliphatic rings. The molecule has 7 atom stereocenters. The molecule has 0 radical (unpaired) electrons. The van der Waals surface area contributed by atoms with Gasteiger partial charge >= 0.3 is 0 Å². The molecule has 6 aromatic rings. The summed E-state index contributed by atoms with van der Waals surface area (Å²) in [6.07, 6.45) is 4.69. The van der Waals surface area contributed by atoms with E-state index in [1.165, 1.54) is 0 Å². The summed E-state index contributed by atoms with van der Waals surface area (Å²) in [4.78, 5) is 23.5. The van der Waals surface area contributed by atoms with E-state index < -0.39 is 29.8 Å². The first-order valence-corrected chi connectivity index (χ1v) is 22.4. The number of aliphatic hydroxyl groups excluding tert-OH is 1. The number of ether oxygens (including phenoxy) is 8. The largest absolute Gasteiger partial charge is 0.486 e. The van der Waals surface area contributed by atoms with Crippen LogP contribution in [0.25, 0.3) is 22.1 Å². The van der Waals surface area contributed by atoms with Gasteiger partial charge in [-0.05, 0) is 61.1 Å². The van der Waals surface area contributed by atoms with Gasteiger partial charge in [0.05, 0.1) is 85.4 Å². The summed E-state index contributed by atoms with van der Waals surface area (Å²) in [7, 11) is 3.11. The van der Waals surface area contributed by atoms with Gasteiger partial charge in [-0.25, -0.2) is 9.97 Å². The van der Waals surface area contributed by atoms with Crippen molar-refractivity contribution < 1.29 is 48.1 Å². The number of aromatic nitrogens is 7. The Morgan fingerprint density at radius 3 is 2.08 bits per heavy atom. The van der Waals surface area contributed by atoms with E-state index in [1.807, 2.05) is 36.4 Å². The van der Waals surface area contributed by atoms with Crippen molar-refractivity contribution in [3.8, 4) is 34.9 Å². The first kappa shape index (κ1) is 43.8. The number of pyridine rings is 5. The highest BCUT2D eigenvalue weighted by Gasteiger charge is 2.53. The third-order valence-electron chi connectivity index (χ3n) is 12.9. The topological polar surface area (TPSA) is 229 Å². The van der Waals surface area contributed by atoms with Crippen LogP contribution in [0.15, 0.2) is 67.1 Å². The summed E-state index contributed by atoms with van der Waals surface area (Å²) in [5.41, 5.74) is 3.27. The standard InChI is InChI=1S/C47H53N9O10/c1-59-40-9-5-33-43(53-40)27(11-13-48-33)21-47(58,39-8-4-29(26-66-39)50-22-30-19-36-38(24-52-30)63-16-15-61-36)42(32-12-14-49-34-6-10-41(60-2)54-44(32)34)45(57)35-7-3-28(25-65-35)51-23-31-20-37-46(56-55-31)64-18-17-62-37/h5-6,9-14,19-20,24,28-29,35,39,42,45,50-51,57-58H,3-4,7-8,15-18,21-23,25-26H2,1-2H3/t28-,29-,35+,39?,42?,45?,47+/m1/s1. The average Bonchev–Trinajstić information content (AvgIpc) is 3.37. The molecular formula is C47H53N9O10. The van der Waals surface area contributed by atoms with Gasteiger partial charge in [0, 0.05) is 74.2 Å². The van der Waals surface area contributed by atoms with E-state index in [0.717, 1.165) is 5.69 Å². The number of hydrogen-bond donors (Lipinski definition) is 4. The Balaban J connectivity index is 0.958. The van der Waals surface area contributed by atoms with Crippen LogP contribution in [0.3, 0.4) is 0 Å². The van der Waals surface area contributed by atoms with Crippen LogP contribution >= 0.6 is 0 Å². The minimum Gasteiger partial charge on any atom is -0.486 e. The molecule has 4 aliphatic heterocycles. The molecule has 346 valence electrons. The van der Waals surface area contributed by atoms with Crippen molar-refractivity contribution in [1.29, 1.82) is 0 Å². The van der Waals surface area contributed by atoms with Gasteiger partial charge in [0.25, 0.3) is 5.88 Å². The number of nitrogens with zero attached hydrogens (tertiary/aromatic N) is 7. The highest BCUT2D eigenvalue weighted by atomic mass is 16.6. The molecular weight excluding hydrogens is 851 g/mol. The van der Waals surface area contributed by atoms with Crippen LogP contribution in [0.1, 0.15) is 54.1 Å². The first-order valence-electron chi connectivity index (χ1n) is 22.4. The Morgan fingerprint density at radius 2 is 1.35 bits per heavy atom. The van der Waals surface area contributed by atoms with Crippen molar-refractivity contribution in [3.63, 3.8) is 0 Å². The van der Waals surface area contributed by atoms with E-state index in [-0.39, 0.29) is 25.1 Å². The second-order valence-corrected chi connectivity index (χ2v) is 17.0. The number of nitrogens with one attached hydrogen (secondary N) is 2. The van der Waals surface area contributed by atoms with E-state index in [4.69, 9.17) is 47.9 Å². The molecule has 0 spiro atoms.